The molecule has 0 amide bonds. The normalized spacial score (nSPS) is 20.6. The van der Waals surface area contributed by atoms with Crippen LogP contribution in [0.25, 0.3) is 11.1 Å². The van der Waals surface area contributed by atoms with E-state index in [0.717, 1.165) is 39.1 Å². The second-order valence-corrected chi connectivity index (χ2v) is 13.5. The molecule has 1 fully saturated rings. The predicted molar refractivity (Wildman–Crippen MR) is 170 cm³/mol. The summed E-state index contributed by atoms with van der Waals surface area (Å²) in [5.41, 5.74) is 5.50. The number of benzene rings is 4. The average molecular weight is 620 g/mol. The van der Waals surface area contributed by atoms with E-state index in [-0.39, 0.29) is 42.8 Å². The average Bonchev–Trinajstić information content (AvgIpc) is 3.05. The molecule has 0 saturated carbocycles. The summed E-state index contributed by atoms with van der Waals surface area (Å²) in [7, 11) is -3.64. The molecule has 0 aliphatic carbocycles. The first-order chi connectivity index (χ1) is 20.9. The zero-order valence-electron chi connectivity index (χ0n) is 24.0. The van der Waals surface area contributed by atoms with Gasteiger partial charge in [0.2, 0.25) is 10.0 Å². The standard InChI is InChI=1S/C34H37NO6S2/c1-24-32(23-42-20-19-36)40-34(41-33(24)27-13-11-25(22-37)12-14-27)28-17-15-26(16-18-28)31-10-6-5-7-29(31)21-35-43(38,39)30-8-3-2-4-9-30/h2-18,24,32-37H,19-23H2,1H3/t24-,32+,33+,34+/m1/s1. The Hall–Kier alpha value is -3.02. The molecule has 1 saturated heterocycles. The van der Waals surface area contributed by atoms with Crippen LogP contribution in [0.1, 0.15) is 41.6 Å². The maximum absolute atomic E-state index is 12.8. The monoisotopic (exact) mass is 619 g/mol. The molecule has 1 aliphatic heterocycles. The van der Waals surface area contributed by atoms with Gasteiger partial charge < -0.3 is 19.7 Å². The van der Waals surface area contributed by atoms with Gasteiger partial charge in [-0.25, -0.2) is 13.1 Å². The number of sulfonamides is 1. The van der Waals surface area contributed by atoms with Gasteiger partial charge in [-0.1, -0.05) is 97.9 Å². The summed E-state index contributed by atoms with van der Waals surface area (Å²) < 4.78 is 41.4. The van der Waals surface area contributed by atoms with Crippen LogP contribution in [0.4, 0.5) is 0 Å². The van der Waals surface area contributed by atoms with Gasteiger partial charge in [0.15, 0.2) is 6.29 Å². The van der Waals surface area contributed by atoms with Crippen molar-refractivity contribution in [3.63, 3.8) is 0 Å². The number of ether oxygens (including phenoxy) is 2. The largest absolute Gasteiger partial charge is 0.396 e. The van der Waals surface area contributed by atoms with Crippen LogP contribution in [-0.4, -0.2) is 42.8 Å². The first kappa shape index (κ1) is 31.4. The minimum Gasteiger partial charge on any atom is -0.396 e. The third-order valence-electron chi connectivity index (χ3n) is 7.66. The van der Waals surface area contributed by atoms with Crippen molar-refractivity contribution < 1.29 is 28.1 Å². The topological polar surface area (TPSA) is 105 Å². The minimum atomic E-state index is -3.64. The van der Waals surface area contributed by atoms with Crippen LogP contribution in [0.15, 0.2) is 108 Å². The summed E-state index contributed by atoms with van der Waals surface area (Å²) in [6.45, 7) is 2.39. The third-order valence-corrected chi connectivity index (χ3v) is 10.1. The quantitative estimate of drug-likeness (QED) is 0.171. The van der Waals surface area contributed by atoms with Crippen molar-refractivity contribution in [1.29, 1.82) is 0 Å². The highest BCUT2D eigenvalue weighted by atomic mass is 32.2. The van der Waals surface area contributed by atoms with Gasteiger partial charge in [-0.3, -0.25) is 0 Å². The molecule has 4 atom stereocenters. The van der Waals surface area contributed by atoms with Crippen LogP contribution < -0.4 is 4.72 Å². The SMILES string of the molecule is C[C@@H]1[C@H](CSCCO)O[C@H](c2ccc(-c3ccccc3CNS(=O)(=O)c3ccccc3)cc2)O[C@@H]1c1ccc(CO)cc1. The zero-order valence-corrected chi connectivity index (χ0v) is 25.6. The van der Waals surface area contributed by atoms with E-state index in [1.807, 2.05) is 72.8 Å². The Bertz CT molecular complexity index is 1560. The van der Waals surface area contributed by atoms with Crippen molar-refractivity contribution in [2.75, 3.05) is 18.1 Å². The van der Waals surface area contributed by atoms with Crippen molar-refractivity contribution in [1.82, 2.24) is 4.72 Å². The summed E-state index contributed by atoms with van der Waals surface area (Å²) in [6, 6.07) is 31.9. The van der Waals surface area contributed by atoms with Crippen LogP contribution in [0.5, 0.6) is 0 Å². The fourth-order valence-electron chi connectivity index (χ4n) is 5.21. The van der Waals surface area contributed by atoms with Crippen LogP contribution in [-0.2, 0) is 32.6 Å². The lowest BCUT2D eigenvalue weighted by Gasteiger charge is -2.41. The molecule has 5 rings (SSSR count). The smallest absolute Gasteiger partial charge is 0.240 e. The number of hydrogen-bond donors (Lipinski definition) is 3. The maximum Gasteiger partial charge on any atom is 0.240 e. The van der Waals surface area contributed by atoms with Gasteiger partial charge in [0.1, 0.15) is 0 Å². The van der Waals surface area contributed by atoms with E-state index in [9.17, 15) is 18.6 Å². The first-order valence-corrected chi connectivity index (χ1v) is 17.0. The molecule has 1 aliphatic rings. The molecular formula is C34H37NO6S2. The lowest BCUT2D eigenvalue weighted by Crippen LogP contribution is -2.38. The van der Waals surface area contributed by atoms with Gasteiger partial charge in [0.05, 0.1) is 30.3 Å². The van der Waals surface area contributed by atoms with Gasteiger partial charge in [-0.2, -0.15) is 11.8 Å². The Kier molecular flexibility index (Phi) is 10.7. The molecule has 7 nitrogen and oxygen atoms in total. The van der Waals surface area contributed by atoms with Gasteiger partial charge in [-0.05, 0) is 39.9 Å². The molecule has 4 aromatic rings. The summed E-state index contributed by atoms with van der Waals surface area (Å²) in [5.74, 6) is 1.45. The van der Waals surface area contributed by atoms with Crippen LogP contribution in [0, 0.1) is 5.92 Å². The molecule has 1 heterocycles. The van der Waals surface area contributed by atoms with Crippen molar-refractivity contribution in [3.8, 4) is 11.1 Å². The molecule has 3 N–H and O–H groups in total. The zero-order chi connectivity index (χ0) is 30.2. The van der Waals surface area contributed by atoms with E-state index in [1.165, 1.54) is 0 Å². The van der Waals surface area contributed by atoms with Gasteiger partial charge in [-0.15, -0.1) is 0 Å². The Morgan fingerprint density at radius 2 is 1.49 bits per heavy atom. The molecule has 0 aromatic heterocycles. The number of thioether (sulfide) groups is 1. The number of hydrogen-bond acceptors (Lipinski definition) is 7. The van der Waals surface area contributed by atoms with E-state index >= 15 is 0 Å². The van der Waals surface area contributed by atoms with Crippen molar-refractivity contribution in [2.24, 2.45) is 5.92 Å². The van der Waals surface area contributed by atoms with Gasteiger partial charge in [0, 0.05) is 29.5 Å². The predicted octanol–water partition coefficient (Wildman–Crippen LogP) is 5.84. The Morgan fingerprint density at radius 1 is 0.814 bits per heavy atom. The highest BCUT2D eigenvalue weighted by molar-refractivity contribution is 7.99. The fourth-order valence-corrected chi connectivity index (χ4v) is 7.14. The lowest BCUT2D eigenvalue weighted by molar-refractivity contribution is -0.268. The maximum atomic E-state index is 12.8. The highest BCUT2D eigenvalue weighted by Gasteiger charge is 2.38. The van der Waals surface area contributed by atoms with Crippen LogP contribution in [0.3, 0.4) is 0 Å². The van der Waals surface area contributed by atoms with E-state index in [1.54, 1.807) is 42.1 Å². The van der Waals surface area contributed by atoms with Gasteiger partial charge in [0.25, 0.3) is 0 Å². The molecule has 4 aromatic carbocycles. The van der Waals surface area contributed by atoms with E-state index in [4.69, 9.17) is 9.47 Å². The van der Waals surface area contributed by atoms with Crippen molar-refractivity contribution in [3.05, 3.63) is 125 Å². The van der Waals surface area contributed by atoms with E-state index in [0.29, 0.717) is 5.75 Å². The molecule has 9 heteroatoms. The molecule has 0 bridgehead atoms. The highest BCUT2D eigenvalue weighted by Crippen LogP contribution is 2.42. The number of aliphatic hydroxyl groups excluding tert-OH is 2. The second kappa shape index (κ2) is 14.6. The molecule has 0 spiro atoms. The van der Waals surface area contributed by atoms with Crippen molar-refractivity contribution in [2.45, 2.75) is 43.5 Å². The molecule has 226 valence electrons. The third kappa shape index (κ3) is 7.74. The fraction of sp³-hybridized carbons (Fsp3) is 0.294. The Labute approximate surface area is 257 Å². The van der Waals surface area contributed by atoms with Crippen LogP contribution >= 0.6 is 11.8 Å². The van der Waals surface area contributed by atoms with E-state index in [2.05, 4.69) is 11.6 Å². The molecule has 43 heavy (non-hydrogen) atoms. The second-order valence-electron chi connectivity index (χ2n) is 10.5. The van der Waals surface area contributed by atoms with Gasteiger partial charge >= 0.3 is 0 Å². The first-order valence-electron chi connectivity index (χ1n) is 14.3. The van der Waals surface area contributed by atoms with E-state index < -0.39 is 16.3 Å². The number of nitrogens with one attached hydrogen (secondary N) is 1. The molecular weight excluding hydrogens is 583 g/mol. The molecule has 0 unspecified atom stereocenters. The lowest BCUT2D eigenvalue weighted by atomic mass is 9.91. The number of aliphatic hydroxyl groups is 2. The molecule has 0 radical (unpaired) electrons. The van der Waals surface area contributed by atoms with Crippen LogP contribution in [0.2, 0.25) is 0 Å². The summed E-state index contributed by atoms with van der Waals surface area (Å²) >= 11 is 1.66. The summed E-state index contributed by atoms with van der Waals surface area (Å²) in [5, 5.41) is 18.8. The summed E-state index contributed by atoms with van der Waals surface area (Å²) in [4.78, 5) is 0.231. The minimum absolute atomic E-state index is 0.0120. The summed E-state index contributed by atoms with van der Waals surface area (Å²) in [6.07, 6.45) is -0.875. The Balaban J connectivity index is 1.35. The Morgan fingerprint density at radius 3 is 2.19 bits per heavy atom. The van der Waals surface area contributed by atoms with Crippen molar-refractivity contribution >= 4 is 21.8 Å². The number of rotatable bonds is 12.